The molecule has 4 aliphatic rings. The Labute approximate surface area is 136 Å². The van der Waals surface area contributed by atoms with Crippen LogP contribution in [0.5, 0.6) is 0 Å². The number of aryl methyl sites for hydroxylation is 1. The summed E-state index contributed by atoms with van der Waals surface area (Å²) in [5.74, 6) is 2.46. The molecule has 0 radical (unpaired) electrons. The van der Waals surface area contributed by atoms with Crippen molar-refractivity contribution < 1.29 is 9.59 Å². The molecule has 3 heteroatoms. The van der Waals surface area contributed by atoms with E-state index in [0.717, 1.165) is 24.1 Å². The third-order valence-electron chi connectivity index (χ3n) is 6.70. The molecule has 1 aromatic carbocycles. The molecule has 2 amide bonds. The molecule has 1 saturated heterocycles. The van der Waals surface area contributed by atoms with Crippen molar-refractivity contribution in [3.05, 3.63) is 42.0 Å². The van der Waals surface area contributed by atoms with E-state index >= 15 is 0 Å². The second-order valence-electron chi connectivity index (χ2n) is 7.81. The molecule has 3 aliphatic carbocycles. The van der Waals surface area contributed by atoms with Gasteiger partial charge in [0.15, 0.2) is 0 Å². The first-order valence-electron chi connectivity index (χ1n) is 8.76. The average Bonchev–Trinajstić information content (AvgIpc) is 3.22. The number of imide groups is 1. The van der Waals surface area contributed by atoms with E-state index in [9.17, 15) is 9.59 Å². The Morgan fingerprint density at radius 3 is 1.87 bits per heavy atom. The third-order valence-corrected chi connectivity index (χ3v) is 6.70. The van der Waals surface area contributed by atoms with Crippen LogP contribution in [0.1, 0.15) is 24.8 Å². The molecule has 23 heavy (non-hydrogen) atoms. The summed E-state index contributed by atoms with van der Waals surface area (Å²) in [7, 11) is 0. The molecule has 3 fully saturated rings. The van der Waals surface area contributed by atoms with Gasteiger partial charge in [0.1, 0.15) is 0 Å². The molecule has 2 saturated carbocycles. The van der Waals surface area contributed by atoms with Crippen LogP contribution in [0.2, 0.25) is 0 Å². The number of hydrogen-bond donors (Lipinski definition) is 0. The molecule has 3 nitrogen and oxygen atoms in total. The average molecular weight is 307 g/mol. The minimum absolute atomic E-state index is 0.0362. The molecule has 6 atom stereocenters. The van der Waals surface area contributed by atoms with E-state index in [1.165, 1.54) is 11.3 Å². The van der Waals surface area contributed by atoms with E-state index in [-0.39, 0.29) is 23.7 Å². The summed E-state index contributed by atoms with van der Waals surface area (Å²) in [5.41, 5.74) is 1.88. The van der Waals surface area contributed by atoms with Crippen LogP contribution >= 0.6 is 0 Å². The third kappa shape index (κ3) is 1.76. The molecular formula is C20H21NO2. The van der Waals surface area contributed by atoms with Crippen molar-refractivity contribution >= 4 is 17.5 Å². The Morgan fingerprint density at radius 2 is 1.35 bits per heavy atom. The number of allylic oxidation sites excluding steroid dienone is 2. The van der Waals surface area contributed by atoms with Crippen LogP contribution < -0.4 is 4.90 Å². The van der Waals surface area contributed by atoms with E-state index in [2.05, 4.69) is 12.2 Å². The highest BCUT2D eigenvalue weighted by molar-refractivity contribution is 6.22. The standard InChI is InChI=1S/C20H21NO2/c1-11-2-6-14(7-3-11)21-19(22)17-9-15-12-4-5-13(8-12)16(15)10-18(17)20(21)23/h2-7,12-13,15-18H,8-10H2,1H3. The molecule has 1 heterocycles. The topological polar surface area (TPSA) is 37.4 Å². The largest absolute Gasteiger partial charge is 0.274 e. The van der Waals surface area contributed by atoms with Crippen molar-refractivity contribution in [2.75, 3.05) is 4.90 Å². The highest BCUT2D eigenvalue weighted by Gasteiger charge is 2.57. The number of rotatable bonds is 1. The van der Waals surface area contributed by atoms with Crippen LogP contribution in [0.25, 0.3) is 0 Å². The van der Waals surface area contributed by atoms with Gasteiger partial charge in [0.05, 0.1) is 17.5 Å². The molecule has 5 rings (SSSR count). The molecule has 2 bridgehead atoms. The van der Waals surface area contributed by atoms with Gasteiger partial charge in [-0.2, -0.15) is 0 Å². The van der Waals surface area contributed by atoms with Gasteiger partial charge < -0.3 is 0 Å². The minimum atomic E-state index is -0.0854. The first-order chi connectivity index (χ1) is 11.1. The van der Waals surface area contributed by atoms with Gasteiger partial charge >= 0.3 is 0 Å². The summed E-state index contributed by atoms with van der Waals surface area (Å²) in [5, 5.41) is 0. The first-order valence-corrected chi connectivity index (χ1v) is 8.76. The molecule has 6 unspecified atom stereocenters. The Hall–Kier alpha value is -1.90. The number of nitrogens with zero attached hydrogens (tertiary/aromatic N) is 1. The van der Waals surface area contributed by atoms with Crippen molar-refractivity contribution in [3.63, 3.8) is 0 Å². The van der Waals surface area contributed by atoms with Crippen LogP contribution in [0.15, 0.2) is 36.4 Å². The van der Waals surface area contributed by atoms with Crippen LogP contribution in [-0.2, 0) is 9.59 Å². The maximum absolute atomic E-state index is 12.9. The molecule has 1 aromatic rings. The van der Waals surface area contributed by atoms with Crippen molar-refractivity contribution in [1.82, 2.24) is 0 Å². The van der Waals surface area contributed by atoms with Gasteiger partial charge in [-0.3, -0.25) is 14.5 Å². The van der Waals surface area contributed by atoms with Gasteiger partial charge in [-0.1, -0.05) is 29.8 Å². The molecule has 0 spiro atoms. The van der Waals surface area contributed by atoms with Crippen molar-refractivity contribution in [2.45, 2.75) is 26.2 Å². The van der Waals surface area contributed by atoms with E-state index in [1.54, 1.807) is 0 Å². The van der Waals surface area contributed by atoms with Gasteiger partial charge in [0.25, 0.3) is 0 Å². The highest BCUT2D eigenvalue weighted by atomic mass is 16.2. The second-order valence-corrected chi connectivity index (χ2v) is 7.81. The van der Waals surface area contributed by atoms with E-state index in [1.807, 2.05) is 31.2 Å². The van der Waals surface area contributed by atoms with Crippen LogP contribution in [0.3, 0.4) is 0 Å². The lowest BCUT2D eigenvalue weighted by molar-refractivity contribution is -0.122. The van der Waals surface area contributed by atoms with E-state index < -0.39 is 0 Å². The Kier molecular flexibility index (Phi) is 2.68. The lowest BCUT2D eigenvalue weighted by Crippen LogP contribution is -2.35. The summed E-state index contributed by atoms with van der Waals surface area (Å²) < 4.78 is 0. The number of fused-ring (bicyclic) bond motifs is 6. The predicted molar refractivity (Wildman–Crippen MR) is 87.6 cm³/mol. The van der Waals surface area contributed by atoms with Crippen LogP contribution in [0, 0.1) is 42.4 Å². The van der Waals surface area contributed by atoms with Crippen molar-refractivity contribution in [3.8, 4) is 0 Å². The Morgan fingerprint density at radius 1 is 0.826 bits per heavy atom. The zero-order valence-electron chi connectivity index (χ0n) is 13.3. The monoisotopic (exact) mass is 307 g/mol. The first kappa shape index (κ1) is 13.5. The quantitative estimate of drug-likeness (QED) is 0.589. The van der Waals surface area contributed by atoms with E-state index in [0.29, 0.717) is 23.7 Å². The smallest absolute Gasteiger partial charge is 0.237 e. The van der Waals surface area contributed by atoms with E-state index in [4.69, 9.17) is 0 Å². The van der Waals surface area contributed by atoms with Gasteiger partial charge in [0, 0.05) is 0 Å². The fourth-order valence-electron chi connectivity index (χ4n) is 5.58. The molecular weight excluding hydrogens is 286 g/mol. The van der Waals surface area contributed by atoms with Crippen molar-refractivity contribution in [2.24, 2.45) is 35.5 Å². The maximum Gasteiger partial charge on any atom is 0.237 e. The van der Waals surface area contributed by atoms with Crippen LogP contribution in [-0.4, -0.2) is 11.8 Å². The molecule has 118 valence electrons. The van der Waals surface area contributed by atoms with Gasteiger partial charge in [-0.25, -0.2) is 0 Å². The number of anilines is 1. The number of amides is 2. The number of benzene rings is 1. The highest BCUT2D eigenvalue weighted by Crippen LogP contribution is 2.58. The molecule has 1 aliphatic heterocycles. The van der Waals surface area contributed by atoms with Gasteiger partial charge in [-0.05, 0) is 62.0 Å². The predicted octanol–water partition coefficient (Wildman–Crippen LogP) is 3.33. The lowest BCUT2D eigenvalue weighted by atomic mass is 9.65. The fourth-order valence-corrected chi connectivity index (χ4v) is 5.58. The Bertz CT molecular complexity index is 682. The fraction of sp³-hybridized carbons (Fsp3) is 0.500. The summed E-state index contributed by atoms with van der Waals surface area (Å²) in [6.45, 7) is 2.02. The number of carbonyl (C=O) groups excluding carboxylic acids is 2. The van der Waals surface area contributed by atoms with Crippen molar-refractivity contribution in [1.29, 1.82) is 0 Å². The zero-order valence-corrected chi connectivity index (χ0v) is 13.3. The summed E-state index contributed by atoms with van der Waals surface area (Å²) in [6.07, 6.45) is 7.77. The maximum atomic E-state index is 12.9. The zero-order chi connectivity index (χ0) is 15.7. The molecule has 0 aromatic heterocycles. The van der Waals surface area contributed by atoms with Gasteiger partial charge in [0.2, 0.25) is 11.8 Å². The van der Waals surface area contributed by atoms with Gasteiger partial charge in [-0.15, -0.1) is 0 Å². The second kappa shape index (κ2) is 4.56. The summed E-state index contributed by atoms with van der Waals surface area (Å²) in [4.78, 5) is 27.3. The number of carbonyl (C=O) groups is 2. The lowest BCUT2D eigenvalue weighted by Gasteiger charge is -2.37. The number of hydrogen-bond acceptors (Lipinski definition) is 2. The summed E-state index contributed by atoms with van der Waals surface area (Å²) >= 11 is 0. The summed E-state index contributed by atoms with van der Waals surface area (Å²) in [6, 6.07) is 7.73. The SMILES string of the molecule is Cc1ccc(N2C(=O)C3CC4C5C=CC(C5)C4CC3C2=O)cc1. The van der Waals surface area contributed by atoms with Crippen LogP contribution in [0.4, 0.5) is 5.69 Å². The minimum Gasteiger partial charge on any atom is -0.274 e. The molecule has 0 N–H and O–H groups in total. The Balaban J connectivity index is 1.47. The normalized spacial score (nSPS) is 40.7.